The lowest BCUT2D eigenvalue weighted by molar-refractivity contribution is 0.310. The molecule has 0 saturated heterocycles. The third kappa shape index (κ3) is 3.99. The number of nitrogens with zero attached hydrogens (tertiary/aromatic N) is 1. The number of halogens is 1. The highest BCUT2D eigenvalue weighted by Crippen LogP contribution is 2.24. The van der Waals surface area contributed by atoms with Gasteiger partial charge in [0.1, 0.15) is 5.75 Å². The summed E-state index contributed by atoms with van der Waals surface area (Å²) in [4.78, 5) is 2.25. The maximum Gasteiger partial charge on any atom is 0.123 e. The Morgan fingerprint density at radius 2 is 1.80 bits per heavy atom. The first-order valence-corrected chi connectivity index (χ1v) is 7.23. The minimum absolute atomic E-state index is 0.796. The van der Waals surface area contributed by atoms with Crippen LogP contribution in [0.15, 0.2) is 46.9 Å². The molecule has 2 aromatic carbocycles. The fourth-order valence-electron chi connectivity index (χ4n) is 2.15. The number of benzene rings is 2. The Morgan fingerprint density at radius 3 is 2.45 bits per heavy atom. The van der Waals surface area contributed by atoms with E-state index in [1.165, 1.54) is 11.1 Å². The van der Waals surface area contributed by atoms with Gasteiger partial charge in [0, 0.05) is 28.8 Å². The summed E-state index contributed by atoms with van der Waals surface area (Å²) in [5, 5.41) is 0. The SMILES string of the molecule is COc1ccc(Br)cc1CN(C)Cc1ccc(N)cc1. The average Bonchev–Trinajstić information content (AvgIpc) is 2.41. The molecule has 0 bridgehead atoms. The number of nitrogens with two attached hydrogens (primary N) is 1. The molecule has 0 amide bonds. The van der Waals surface area contributed by atoms with Gasteiger partial charge in [0.05, 0.1) is 7.11 Å². The van der Waals surface area contributed by atoms with Gasteiger partial charge in [-0.25, -0.2) is 0 Å². The molecule has 0 unspecified atom stereocenters. The molecule has 0 heterocycles. The molecular weight excluding hydrogens is 316 g/mol. The van der Waals surface area contributed by atoms with E-state index in [2.05, 4.69) is 46.1 Å². The van der Waals surface area contributed by atoms with Crippen LogP contribution in [0.2, 0.25) is 0 Å². The standard InChI is InChI=1S/C16H19BrN2O/c1-19(10-12-3-6-15(18)7-4-12)11-13-9-14(17)5-8-16(13)20-2/h3-9H,10-11,18H2,1-2H3. The molecule has 0 radical (unpaired) electrons. The summed E-state index contributed by atoms with van der Waals surface area (Å²) in [6.45, 7) is 1.70. The molecule has 4 heteroatoms. The molecule has 106 valence electrons. The first-order valence-electron chi connectivity index (χ1n) is 6.44. The zero-order valence-corrected chi connectivity index (χ0v) is 13.4. The molecule has 3 nitrogen and oxygen atoms in total. The largest absolute Gasteiger partial charge is 0.496 e. The van der Waals surface area contributed by atoms with Crippen LogP contribution in [-0.2, 0) is 13.1 Å². The van der Waals surface area contributed by atoms with E-state index in [4.69, 9.17) is 10.5 Å². The highest BCUT2D eigenvalue weighted by atomic mass is 79.9. The van der Waals surface area contributed by atoms with Gasteiger partial charge in [0.25, 0.3) is 0 Å². The zero-order valence-electron chi connectivity index (χ0n) is 11.8. The second-order valence-electron chi connectivity index (χ2n) is 4.87. The fourth-order valence-corrected chi connectivity index (χ4v) is 2.56. The van der Waals surface area contributed by atoms with Gasteiger partial charge in [-0.1, -0.05) is 28.1 Å². The lowest BCUT2D eigenvalue weighted by Gasteiger charge is -2.19. The quantitative estimate of drug-likeness (QED) is 0.848. The van der Waals surface area contributed by atoms with Crippen LogP contribution in [0.5, 0.6) is 5.75 Å². The van der Waals surface area contributed by atoms with Crippen molar-refractivity contribution in [3.8, 4) is 5.75 Å². The average molecular weight is 335 g/mol. The van der Waals surface area contributed by atoms with Crippen molar-refractivity contribution in [1.29, 1.82) is 0 Å². The summed E-state index contributed by atoms with van der Waals surface area (Å²) in [5.41, 5.74) is 8.91. The molecule has 0 aliphatic carbocycles. The van der Waals surface area contributed by atoms with E-state index in [0.29, 0.717) is 0 Å². The highest BCUT2D eigenvalue weighted by molar-refractivity contribution is 9.10. The van der Waals surface area contributed by atoms with Gasteiger partial charge in [0.2, 0.25) is 0 Å². The fraction of sp³-hybridized carbons (Fsp3) is 0.250. The number of hydrogen-bond donors (Lipinski definition) is 1. The Labute approximate surface area is 128 Å². The second-order valence-corrected chi connectivity index (χ2v) is 5.79. The van der Waals surface area contributed by atoms with E-state index in [1.54, 1.807) is 7.11 Å². The van der Waals surface area contributed by atoms with Crippen molar-refractivity contribution in [2.75, 3.05) is 19.9 Å². The summed E-state index contributed by atoms with van der Waals surface area (Å²) in [5.74, 6) is 0.914. The molecule has 0 aliphatic heterocycles. The summed E-state index contributed by atoms with van der Waals surface area (Å²) >= 11 is 3.50. The van der Waals surface area contributed by atoms with Gasteiger partial charge in [-0.15, -0.1) is 0 Å². The minimum Gasteiger partial charge on any atom is -0.496 e. The van der Waals surface area contributed by atoms with Crippen molar-refractivity contribution in [3.63, 3.8) is 0 Å². The van der Waals surface area contributed by atoms with E-state index < -0.39 is 0 Å². The van der Waals surface area contributed by atoms with Crippen LogP contribution in [0.3, 0.4) is 0 Å². The maximum atomic E-state index is 5.70. The number of nitrogen functional groups attached to an aromatic ring is 1. The van der Waals surface area contributed by atoms with Crippen molar-refractivity contribution in [3.05, 3.63) is 58.1 Å². The summed E-state index contributed by atoms with van der Waals surface area (Å²) in [6.07, 6.45) is 0. The first-order chi connectivity index (χ1) is 9.58. The number of methoxy groups -OCH3 is 1. The van der Waals surface area contributed by atoms with E-state index >= 15 is 0 Å². The normalized spacial score (nSPS) is 10.8. The van der Waals surface area contributed by atoms with Crippen molar-refractivity contribution in [2.24, 2.45) is 0 Å². The molecule has 0 aliphatic rings. The van der Waals surface area contributed by atoms with Crippen LogP contribution in [0.25, 0.3) is 0 Å². The molecule has 0 atom stereocenters. The molecular formula is C16H19BrN2O. The van der Waals surface area contributed by atoms with Gasteiger partial charge in [-0.3, -0.25) is 4.90 Å². The molecule has 0 spiro atoms. The Kier molecular flexibility index (Phi) is 5.04. The topological polar surface area (TPSA) is 38.5 Å². The van der Waals surface area contributed by atoms with Gasteiger partial charge >= 0.3 is 0 Å². The summed E-state index contributed by atoms with van der Waals surface area (Å²) in [6, 6.07) is 14.1. The van der Waals surface area contributed by atoms with E-state index in [0.717, 1.165) is 29.0 Å². The molecule has 0 saturated carbocycles. The van der Waals surface area contributed by atoms with Crippen molar-refractivity contribution >= 4 is 21.6 Å². The molecule has 0 fully saturated rings. The van der Waals surface area contributed by atoms with Crippen LogP contribution in [0, 0.1) is 0 Å². The number of hydrogen-bond acceptors (Lipinski definition) is 3. The zero-order chi connectivity index (χ0) is 14.5. The van der Waals surface area contributed by atoms with Gasteiger partial charge in [-0.2, -0.15) is 0 Å². The van der Waals surface area contributed by atoms with Crippen LogP contribution < -0.4 is 10.5 Å². The Morgan fingerprint density at radius 1 is 1.10 bits per heavy atom. The number of rotatable bonds is 5. The van der Waals surface area contributed by atoms with Gasteiger partial charge in [0.15, 0.2) is 0 Å². The van der Waals surface area contributed by atoms with Crippen LogP contribution in [-0.4, -0.2) is 19.1 Å². The monoisotopic (exact) mass is 334 g/mol. The van der Waals surface area contributed by atoms with Gasteiger partial charge in [-0.05, 0) is 42.9 Å². The first kappa shape index (κ1) is 14.9. The van der Waals surface area contributed by atoms with Gasteiger partial charge < -0.3 is 10.5 Å². The van der Waals surface area contributed by atoms with E-state index in [-0.39, 0.29) is 0 Å². The molecule has 2 N–H and O–H groups in total. The number of anilines is 1. The molecule has 2 rings (SSSR count). The maximum absolute atomic E-state index is 5.70. The van der Waals surface area contributed by atoms with Crippen LogP contribution in [0.4, 0.5) is 5.69 Å². The predicted octanol–water partition coefficient (Wildman–Crippen LogP) is 3.67. The van der Waals surface area contributed by atoms with Crippen molar-refractivity contribution in [2.45, 2.75) is 13.1 Å². The molecule has 2 aromatic rings. The summed E-state index contributed by atoms with van der Waals surface area (Å²) in [7, 11) is 3.80. The van der Waals surface area contributed by atoms with E-state index in [1.807, 2.05) is 24.3 Å². The van der Waals surface area contributed by atoms with E-state index in [9.17, 15) is 0 Å². The lowest BCUT2D eigenvalue weighted by Crippen LogP contribution is -2.17. The Balaban J connectivity index is 2.05. The van der Waals surface area contributed by atoms with Crippen LogP contribution in [0.1, 0.15) is 11.1 Å². The van der Waals surface area contributed by atoms with Crippen molar-refractivity contribution in [1.82, 2.24) is 4.90 Å². The van der Waals surface area contributed by atoms with Crippen molar-refractivity contribution < 1.29 is 4.74 Å². The smallest absolute Gasteiger partial charge is 0.123 e. The highest BCUT2D eigenvalue weighted by Gasteiger charge is 2.07. The molecule has 0 aromatic heterocycles. The minimum atomic E-state index is 0.796. The Bertz CT molecular complexity index is 569. The van der Waals surface area contributed by atoms with Crippen LogP contribution >= 0.6 is 15.9 Å². The third-order valence-corrected chi connectivity index (χ3v) is 3.61. The molecule has 20 heavy (non-hydrogen) atoms. The summed E-state index contributed by atoms with van der Waals surface area (Å²) < 4.78 is 6.47. The Hall–Kier alpha value is -1.52. The lowest BCUT2D eigenvalue weighted by atomic mass is 10.1. The second kappa shape index (κ2) is 6.77. The third-order valence-electron chi connectivity index (χ3n) is 3.11. The predicted molar refractivity (Wildman–Crippen MR) is 86.7 cm³/mol. The number of ether oxygens (including phenoxy) is 1.